The highest BCUT2D eigenvalue weighted by Crippen LogP contribution is 2.36. The normalized spacial score (nSPS) is 17.1. The number of aromatic nitrogens is 1. The Balaban J connectivity index is 1.51. The van der Waals surface area contributed by atoms with Crippen LogP contribution >= 0.6 is 0 Å². The predicted molar refractivity (Wildman–Crippen MR) is 103 cm³/mol. The Labute approximate surface area is 178 Å². The zero-order valence-corrected chi connectivity index (χ0v) is 16.4. The van der Waals surface area contributed by atoms with Gasteiger partial charge in [0.25, 0.3) is 5.91 Å². The Hall–Kier alpha value is -3.30. The van der Waals surface area contributed by atoms with E-state index in [9.17, 15) is 31.1 Å². The molecule has 0 N–H and O–H groups in total. The van der Waals surface area contributed by atoms with Crippen LogP contribution in [0, 0.1) is 0 Å². The fourth-order valence-corrected chi connectivity index (χ4v) is 3.55. The molecule has 1 unspecified atom stereocenters. The molecule has 1 aromatic heterocycles. The minimum Gasteiger partial charge on any atom is -0.472 e. The van der Waals surface area contributed by atoms with Crippen LogP contribution in [-0.4, -0.2) is 35.0 Å². The number of nitrogens with zero attached hydrogens (tertiary/aromatic N) is 2. The van der Waals surface area contributed by atoms with Gasteiger partial charge in [0, 0.05) is 30.0 Å². The average molecular weight is 454 g/mol. The molecule has 1 aliphatic heterocycles. The van der Waals surface area contributed by atoms with Crippen LogP contribution in [-0.2, 0) is 12.4 Å². The van der Waals surface area contributed by atoms with E-state index in [1.54, 1.807) is 12.1 Å². The van der Waals surface area contributed by atoms with Crippen molar-refractivity contribution in [2.24, 2.45) is 0 Å². The zero-order chi connectivity index (χ0) is 23.1. The lowest BCUT2D eigenvalue weighted by molar-refractivity contribution is -0.143. The van der Waals surface area contributed by atoms with Gasteiger partial charge in [-0.05, 0) is 30.3 Å². The second kappa shape index (κ2) is 7.99. The highest BCUT2D eigenvalue weighted by atomic mass is 19.4. The van der Waals surface area contributed by atoms with E-state index in [4.69, 9.17) is 4.74 Å². The van der Waals surface area contributed by atoms with Crippen LogP contribution in [0.25, 0.3) is 10.9 Å². The molecule has 2 aromatic carbocycles. The standard InChI is InChI=1S/C22H16F6N2O2/c23-21(24,25)15-9-14(10-16(11-15)22(26,27)28)20(31)30-8-7-17(12-30)32-19-6-5-13-3-1-2-4-18(13)29-19/h1-6,9-11,17H,7-8,12H2. The number of hydrogen-bond acceptors (Lipinski definition) is 3. The van der Waals surface area contributed by atoms with Crippen molar-refractivity contribution in [3.63, 3.8) is 0 Å². The summed E-state index contributed by atoms with van der Waals surface area (Å²) in [5, 5.41) is 0.910. The van der Waals surface area contributed by atoms with Gasteiger partial charge in [-0.25, -0.2) is 4.98 Å². The first-order valence-electron chi connectivity index (χ1n) is 9.62. The van der Waals surface area contributed by atoms with E-state index >= 15 is 0 Å². The lowest BCUT2D eigenvalue weighted by atomic mass is 10.0. The summed E-state index contributed by atoms with van der Waals surface area (Å²) in [4.78, 5) is 18.2. The van der Waals surface area contributed by atoms with Crippen molar-refractivity contribution in [1.82, 2.24) is 9.88 Å². The third-order valence-electron chi connectivity index (χ3n) is 5.13. The van der Waals surface area contributed by atoms with Crippen LogP contribution in [0.1, 0.15) is 27.9 Å². The summed E-state index contributed by atoms with van der Waals surface area (Å²) in [6.07, 6.45) is -10.2. The Morgan fingerprint density at radius 3 is 2.25 bits per heavy atom. The molecule has 0 aliphatic carbocycles. The minimum absolute atomic E-state index is 0.00191. The quantitative estimate of drug-likeness (QED) is 0.487. The van der Waals surface area contributed by atoms with Crippen molar-refractivity contribution in [3.05, 3.63) is 71.3 Å². The predicted octanol–water partition coefficient (Wildman–Crippen LogP) is 5.57. The maximum atomic E-state index is 13.1. The van der Waals surface area contributed by atoms with Crippen molar-refractivity contribution in [2.75, 3.05) is 13.1 Å². The van der Waals surface area contributed by atoms with Gasteiger partial charge in [-0.1, -0.05) is 18.2 Å². The molecule has 3 aromatic rings. The second-order valence-corrected chi connectivity index (χ2v) is 7.42. The van der Waals surface area contributed by atoms with Crippen LogP contribution in [0.3, 0.4) is 0 Å². The molecule has 4 nitrogen and oxygen atoms in total. The molecule has 168 valence electrons. The van der Waals surface area contributed by atoms with Crippen molar-refractivity contribution in [2.45, 2.75) is 24.9 Å². The van der Waals surface area contributed by atoms with Gasteiger partial charge >= 0.3 is 12.4 Å². The van der Waals surface area contributed by atoms with E-state index in [1.165, 1.54) is 4.90 Å². The zero-order valence-electron chi connectivity index (χ0n) is 16.4. The van der Waals surface area contributed by atoms with Gasteiger partial charge in [0.15, 0.2) is 0 Å². The molecule has 0 spiro atoms. The van der Waals surface area contributed by atoms with Gasteiger partial charge in [-0.2, -0.15) is 26.3 Å². The van der Waals surface area contributed by atoms with Gasteiger partial charge in [0.1, 0.15) is 6.10 Å². The van der Waals surface area contributed by atoms with Crippen molar-refractivity contribution < 1.29 is 35.9 Å². The molecular weight excluding hydrogens is 438 g/mol. The molecule has 0 saturated carbocycles. The van der Waals surface area contributed by atoms with Crippen LogP contribution in [0.5, 0.6) is 5.88 Å². The number of alkyl halides is 6. The molecule has 10 heteroatoms. The van der Waals surface area contributed by atoms with Gasteiger partial charge in [0.05, 0.1) is 23.2 Å². The lowest BCUT2D eigenvalue weighted by Crippen LogP contribution is -2.31. The van der Waals surface area contributed by atoms with Gasteiger partial charge in [-0.3, -0.25) is 4.79 Å². The molecule has 4 rings (SSSR count). The van der Waals surface area contributed by atoms with Crippen LogP contribution in [0.2, 0.25) is 0 Å². The lowest BCUT2D eigenvalue weighted by Gasteiger charge is -2.19. The fourth-order valence-electron chi connectivity index (χ4n) is 3.55. The van der Waals surface area contributed by atoms with Crippen LogP contribution in [0.4, 0.5) is 26.3 Å². The van der Waals surface area contributed by atoms with Crippen LogP contribution < -0.4 is 4.74 Å². The average Bonchev–Trinajstić information content (AvgIpc) is 3.20. The third-order valence-corrected chi connectivity index (χ3v) is 5.13. The molecule has 1 atom stereocenters. The fraction of sp³-hybridized carbons (Fsp3) is 0.273. The summed E-state index contributed by atoms with van der Waals surface area (Å²) in [5.41, 5.74) is -3.01. The monoisotopic (exact) mass is 454 g/mol. The van der Waals surface area contributed by atoms with Crippen molar-refractivity contribution in [3.8, 4) is 5.88 Å². The first kappa shape index (κ1) is 21.9. The summed E-state index contributed by atoms with van der Waals surface area (Å²) in [5.74, 6) is -0.597. The highest BCUT2D eigenvalue weighted by Gasteiger charge is 2.38. The number of carbonyl (C=O) groups excluding carboxylic acids is 1. The van der Waals surface area contributed by atoms with Gasteiger partial charge < -0.3 is 9.64 Å². The second-order valence-electron chi connectivity index (χ2n) is 7.42. The van der Waals surface area contributed by atoms with Gasteiger partial charge in [0.2, 0.25) is 5.88 Å². The number of carbonyl (C=O) groups is 1. The van der Waals surface area contributed by atoms with Crippen molar-refractivity contribution >= 4 is 16.8 Å². The minimum atomic E-state index is -5.02. The third kappa shape index (κ3) is 4.63. The number of benzene rings is 2. The highest BCUT2D eigenvalue weighted by molar-refractivity contribution is 5.95. The number of para-hydroxylation sites is 1. The number of likely N-dealkylation sites (tertiary alicyclic amines) is 1. The molecule has 32 heavy (non-hydrogen) atoms. The van der Waals surface area contributed by atoms with E-state index in [0.29, 0.717) is 30.0 Å². The number of amides is 1. The van der Waals surface area contributed by atoms with Crippen molar-refractivity contribution in [1.29, 1.82) is 0 Å². The summed E-state index contributed by atoms with van der Waals surface area (Å²) < 4.78 is 84.2. The smallest absolute Gasteiger partial charge is 0.416 e. The molecule has 1 saturated heterocycles. The number of hydrogen-bond donors (Lipinski definition) is 0. The Bertz CT molecular complexity index is 1130. The SMILES string of the molecule is O=C(c1cc(C(F)(F)F)cc(C(F)(F)F)c1)N1CCC(Oc2ccc3ccccc3n2)C1. The Morgan fingerprint density at radius 1 is 0.938 bits per heavy atom. The largest absolute Gasteiger partial charge is 0.472 e. The van der Waals surface area contributed by atoms with E-state index in [0.717, 1.165) is 5.39 Å². The molecule has 1 fully saturated rings. The molecule has 2 heterocycles. The number of rotatable bonds is 3. The number of fused-ring (bicyclic) bond motifs is 1. The Kier molecular flexibility index (Phi) is 5.47. The maximum absolute atomic E-state index is 13.1. The molecule has 1 aliphatic rings. The molecular formula is C22H16F6N2O2. The first-order valence-corrected chi connectivity index (χ1v) is 9.62. The molecule has 0 radical (unpaired) electrons. The summed E-state index contributed by atoms with van der Waals surface area (Å²) >= 11 is 0. The molecule has 0 bridgehead atoms. The topological polar surface area (TPSA) is 42.4 Å². The number of halogens is 6. The Morgan fingerprint density at radius 2 is 1.59 bits per heavy atom. The summed E-state index contributed by atoms with van der Waals surface area (Å²) in [7, 11) is 0. The molecule has 1 amide bonds. The maximum Gasteiger partial charge on any atom is 0.416 e. The van der Waals surface area contributed by atoms with E-state index in [2.05, 4.69) is 4.98 Å². The summed E-state index contributed by atoms with van der Waals surface area (Å²) in [6, 6.07) is 11.7. The van der Waals surface area contributed by atoms with Crippen LogP contribution in [0.15, 0.2) is 54.6 Å². The van der Waals surface area contributed by atoms with Gasteiger partial charge in [-0.15, -0.1) is 0 Å². The number of ether oxygens (including phenoxy) is 1. The number of pyridine rings is 1. The summed E-state index contributed by atoms with van der Waals surface area (Å²) in [6.45, 7) is 0.152. The van der Waals surface area contributed by atoms with E-state index < -0.39 is 41.1 Å². The van der Waals surface area contributed by atoms with E-state index in [1.807, 2.05) is 24.3 Å². The first-order chi connectivity index (χ1) is 15.0. The van der Waals surface area contributed by atoms with E-state index in [-0.39, 0.29) is 19.2 Å².